The summed E-state index contributed by atoms with van der Waals surface area (Å²) in [4.78, 5) is 28.0. The van der Waals surface area contributed by atoms with Gasteiger partial charge in [0.2, 0.25) is 0 Å². The maximum Gasteiger partial charge on any atom is 0.295 e. The third kappa shape index (κ3) is 2.86. The normalized spacial score (nSPS) is 17.2. The van der Waals surface area contributed by atoms with Crippen LogP contribution in [-0.2, 0) is 4.79 Å². The number of hydrogen-bond donors (Lipinski definition) is 0. The smallest absolute Gasteiger partial charge is 0.295 e. The van der Waals surface area contributed by atoms with Gasteiger partial charge in [0, 0.05) is 26.2 Å². The second-order valence-corrected chi connectivity index (χ2v) is 5.74. The van der Waals surface area contributed by atoms with Gasteiger partial charge in [0.25, 0.3) is 11.7 Å². The van der Waals surface area contributed by atoms with Crippen molar-refractivity contribution in [3.05, 3.63) is 21.3 Å². The molecule has 92 valence electrons. The molecule has 0 radical (unpaired) electrons. The minimum Gasteiger partial charge on any atom is -0.333 e. The summed E-state index contributed by atoms with van der Waals surface area (Å²) < 4.78 is 0.527. The molecule has 17 heavy (non-hydrogen) atoms. The van der Waals surface area contributed by atoms with E-state index in [-0.39, 0.29) is 0 Å². The average Bonchev–Trinajstić information content (AvgIpc) is 2.75. The van der Waals surface area contributed by atoms with Gasteiger partial charge in [-0.15, -0.1) is 11.3 Å². The number of carbonyl (C=O) groups excluding carboxylic acids is 2. The summed E-state index contributed by atoms with van der Waals surface area (Å²) in [5.74, 6) is -0.872. The van der Waals surface area contributed by atoms with Crippen molar-refractivity contribution in [2.75, 3.05) is 33.2 Å². The van der Waals surface area contributed by atoms with E-state index in [2.05, 4.69) is 4.90 Å². The zero-order chi connectivity index (χ0) is 12.4. The lowest BCUT2D eigenvalue weighted by Gasteiger charge is -2.31. The molecule has 0 atom stereocenters. The quantitative estimate of drug-likeness (QED) is 0.603. The molecule has 0 N–H and O–H groups in total. The fourth-order valence-corrected chi connectivity index (χ4v) is 2.67. The molecule has 2 rings (SSSR count). The summed E-state index contributed by atoms with van der Waals surface area (Å²) in [6, 6.07) is 3.24. The van der Waals surface area contributed by atoms with Crippen molar-refractivity contribution in [1.82, 2.24) is 9.80 Å². The minimum absolute atomic E-state index is 0.416. The van der Waals surface area contributed by atoms with E-state index in [4.69, 9.17) is 11.6 Å². The number of ketones is 1. The topological polar surface area (TPSA) is 40.6 Å². The first-order chi connectivity index (χ1) is 8.08. The molecule has 1 aromatic heterocycles. The van der Waals surface area contributed by atoms with E-state index in [9.17, 15) is 9.59 Å². The van der Waals surface area contributed by atoms with Gasteiger partial charge in [-0.1, -0.05) is 11.6 Å². The lowest BCUT2D eigenvalue weighted by Crippen LogP contribution is -2.49. The highest BCUT2D eigenvalue weighted by molar-refractivity contribution is 7.18. The van der Waals surface area contributed by atoms with Crippen molar-refractivity contribution in [3.8, 4) is 0 Å². The zero-order valence-electron chi connectivity index (χ0n) is 9.48. The monoisotopic (exact) mass is 272 g/mol. The van der Waals surface area contributed by atoms with E-state index in [1.807, 2.05) is 7.05 Å². The molecule has 1 saturated heterocycles. The van der Waals surface area contributed by atoms with Gasteiger partial charge in [0.05, 0.1) is 9.21 Å². The number of carbonyl (C=O) groups is 2. The van der Waals surface area contributed by atoms with Gasteiger partial charge in [-0.2, -0.15) is 0 Å². The lowest BCUT2D eigenvalue weighted by atomic mass is 10.2. The number of amides is 1. The third-order valence-corrected chi connectivity index (χ3v) is 4.01. The SMILES string of the molecule is CN1CCN(C(=O)C(=O)c2ccc(Cl)s2)CC1. The van der Waals surface area contributed by atoms with Crippen LogP contribution in [-0.4, -0.2) is 54.7 Å². The van der Waals surface area contributed by atoms with Gasteiger partial charge in [-0.3, -0.25) is 9.59 Å². The largest absolute Gasteiger partial charge is 0.333 e. The fraction of sp³-hybridized carbons (Fsp3) is 0.455. The standard InChI is InChI=1S/C11H13ClN2O2S/c1-13-4-6-14(7-5-13)11(16)10(15)8-2-3-9(12)17-8/h2-3H,4-7H2,1H3. The summed E-state index contributed by atoms with van der Waals surface area (Å²) in [5, 5.41) is 0. The molecule has 0 aromatic carbocycles. The summed E-state index contributed by atoms with van der Waals surface area (Å²) in [6.45, 7) is 2.84. The maximum atomic E-state index is 11.9. The number of piperazine rings is 1. The fourth-order valence-electron chi connectivity index (χ4n) is 1.69. The Labute approximate surface area is 109 Å². The highest BCUT2D eigenvalue weighted by Crippen LogP contribution is 2.22. The minimum atomic E-state index is -0.452. The van der Waals surface area contributed by atoms with E-state index in [1.165, 1.54) is 0 Å². The number of Topliss-reactive ketones (excluding diaryl/α,β-unsaturated/α-hetero) is 1. The number of thiophene rings is 1. The Kier molecular flexibility index (Phi) is 3.81. The summed E-state index contributed by atoms with van der Waals surface area (Å²) in [5.41, 5.74) is 0. The molecule has 1 aromatic rings. The molecule has 4 nitrogen and oxygen atoms in total. The van der Waals surface area contributed by atoms with Crippen LogP contribution < -0.4 is 0 Å². The molecule has 1 aliphatic heterocycles. The zero-order valence-corrected chi connectivity index (χ0v) is 11.1. The Hall–Kier alpha value is -0.910. The lowest BCUT2D eigenvalue weighted by molar-refractivity contribution is -0.127. The average molecular weight is 273 g/mol. The molecule has 6 heteroatoms. The third-order valence-electron chi connectivity index (χ3n) is 2.78. The molecule has 0 bridgehead atoms. The Balaban J connectivity index is 2.03. The van der Waals surface area contributed by atoms with Gasteiger partial charge >= 0.3 is 0 Å². The van der Waals surface area contributed by atoms with Crippen LogP contribution in [0, 0.1) is 0 Å². The number of rotatable bonds is 2. The summed E-state index contributed by atoms with van der Waals surface area (Å²) >= 11 is 6.90. The van der Waals surface area contributed by atoms with Crippen LogP contribution in [0.25, 0.3) is 0 Å². The molecule has 1 aliphatic rings. The van der Waals surface area contributed by atoms with Crippen LogP contribution >= 0.6 is 22.9 Å². The highest BCUT2D eigenvalue weighted by Gasteiger charge is 2.26. The van der Waals surface area contributed by atoms with Crippen LogP contribution in [0.2, 0.25) is 4.34 Å². The molecular formula is C11H13ClN2O2S. The van der Waals surface area contributed by atoms with Crippen LogP contribution in [0.4, 0.5) is 0 Å². The van der Waals surface area contributed by atoms with E-state index in [0.717, 1.165) is 24.4 Å². The molecule has 1 fully saturated rings. The molecule has 0 spiro atoms. The van der Waals surface area contributed by atoms with E-state index >= 15 is 0 Å². The van der Waals surface area contributed by atoms with E-state index in [1.54, 1.807) is 17.0 Å². The Bertz CT molecular complexity index is 438. The molecule has 0 saturated carbocycles. The second-order valence-electron chi connectivity index (χ2n) is 4.03. The molecule has 2 heterocycles. The number of nitrogens with zero attached hydrogens (tertiary/aromatic N) is 2. The van der Waals surface area contributed by atoms with Crippen molar-refractivity contribution in [1.29, 1.82) is 0 Å². The van der Waals surface area contributed by atoms with E-state index in [0.29, 0.717) is 22.3 Å². The maximum absolute atomic E-state index is 11.9. The van der Waals surface area contributed by atoms with Gasteiger partial charge in [-0.05, 0) is 19.2 Å². The first kappa shape index (κ1) is 12.5. The van der Waals surface area contributed by atoms with Crippen molar-refractivity contribution < 1.29 is 9.59 Å². The molecule has 1 amide bonds. The van der Waals surface area contributed by atoms with Crippen LogP contribution in [0.1, 0.15) is 9.67 Å². The molecule has 0 aliphatic carbocycles. The van der Waals surface area contributed by atoms with Crippen LogP contribution in [0.3, 0.4) is 0 Å². The number of hydrogen-bond acceptors (Lipinski definition) is 4. The van der Waals surface area contributed by atoms with Crippen LogP contribution in [0.15, 0.2) is 12.1 Å². The van der Waals surface area contributed by atoms with Crippen molar-refractivity contribution in [2.45, 2.75) is 0 Å². The second kappa shape index (κ2) is 5.16. The number of likely N-dealkylation sites (N-methyl/N-ethyl adjacent to an activating group) is 1. The van der Waals surface area contributed by atoms with Crippen molar-refractivity contribution in [2.24, 2.45) is 0 Å². The Morgan fingerprint density at radius 2 is 1.88 bits per heavy atom. The predicted molar refractivity (Wildman–Crippen MR) is 67.7 cm³/mol. The first-order valence-corrected chi connectivity index (χ1v) is 6.55. The van der Waals surface area contributed by atoms with Gasteiger partial charge < -0.3 is 9.80 Å². The van der Waals surface area contributed by atoms with Crippen molar-refractivity contribution in [3.63, 3.8) is 0 Å². The summed E-state index contributed by atoms with van der Waals surface area (Å²) in [7, 11) is 2.00. The number of halogens is 1. The highest BCUT2D eigenvalue weighted by atomic mass is 35.5. The molecule has 0 unspecified atom stereocenters. The molecular weight excluding hydrogens is 260 g/mol. The van der Waals surface area contributed by atoms with E-state index < -0.39 is 11.7 Å². The Morgan fingerprint density at radius 1 is 1.24 bits per heavy atom. The van der Waals surface area contributed by atoms with Gasteiger partial charge in [0.15, 0.2) is 0 Å². The van der Waals surface area contributed by atoms with Crippen molar-refractivity contribution >= 4 is 34.6 Å². The Morgan fingerprint density at radius 3 is 2.41 bits per heavy atom. The first-order valence-electron chi connectivity index (χ1n) is 5.35. The van der Waals surface area contributed by atoms with Gasteiger partial charge in [-0.25, -0.2) is 0 Å². The van der Waals surface area contributed by atoms with Gasteiger partial charge in [0.1, 0.15) is 0 Å². The summed E-state index contributed by atoms with van der Waals surface area (Å²) in [6.07, 6.45) is 0. The van der Waals surface area contributed by atoms with Crippen LogP contribution in [0.5, 0.6) is 0 Å². The predicted octanol–water partition coefficient (Wildman–Crippen LogP) is 1.36.